The van der Waals surface area contributed by atoms with E-state index in [2.05, 4.69) is 29.0 Å². The van der Waals surface area contributed by atoms with E-state index in [9.17, 15) is 4.79 Å². The lowest BCUT2D eigenvalue weighted by Gasteiger charge is -2.27. The topological polar surface area (TPSA) is 35.6 Å². The van der Waals surface area contributed by atoms with Gasteiger partial charge in [-0.05, 0) is 51.1 Å². The van der Waals surface area contributed by atoms with Gasteiger partial charge in [0, 0.05) is 13.1 Å². The number of rotatable bonds is 5. The van der Waals surface area contributed by atoms with Crippen molar-refractivity contribution < 1.29 is 4.79 Å². The van der Waals surface area contributed by atoms with Crippen LogP contribution in [-0.4, -0.2) is 53.6 Å². The van der Waals surface area contributed by atoms with Gasteiger partial charge in [-0.2, -0.15) is 0 Å². The lowest BCUT2D eigenvalue weighted by atomic mass is 9.98. The predicted octanol–water partition coefficient (Wildman–Crippen LogP) is 2.20. The monoisotopic (exact) mass is 293 g/mol. The molecular weight excluding hydrogens is 262 g/mol. The summed E-state index contributed by atoms with van der Waals surface area (Å²) in [6, 6.07) is 0. The van der Waals surface area contributed by atoms with Gasteiger partial charge < -0.3 is 9.80 Å². The van der Waals surface area contributed by atoms with Crippen molar-refractivity contribution in [2.45, 2.75) is 70.5 Å². The molecule has 1 N–H and O–H groups in total. The predicted molar refractivity (Wildman–Crippen MR) is 85.0 cm³/mol. The molecule has 1 spiro atoms. The van der Waals surface area contributed by atoms with Gasteiger partial charge in [-0.25, -0.2) is 0 Å². The maximum atomic E-state index is 13.0. The van der Waals surface area contributed by atoms with E-state index in [1.165, 1.54) is 38.8 Å². The average molecular weight is 293 g/mol. The molecule has 2 heterocycles. The summed E-state index contributed by atoms with van der Waals surface area (Å²) in [7, 11) is 0. The smallest absolute Gasteiger partial charge is 0.244 e. The zero-order chi connectivity index (χ0) is 14.9. The molecule has 4 nitrogen and oxygen atoms in total. The van der Waals surface area contributed by atoms with Gasteiger partial charge in [0.2, 0.25) is 5.91 Å². The van der Waals surface area contributed by atoms with Gasteiger partial charge in [-0.1, -0.05) is 26.7 Å². The normalized spacial score (nSPS) is 29.4. The molecule has 1 atom stereocenters. The van der Waals surface area contributed by atoms with Crippen LogP contribution in [0.3, 0.4) is 0 Å². The molecule has 2 saturated heterocycles. The maximum Gasteiger partial charge on any atom is 0.244 e. The van der Waals surface area contributed by atoms with Crippen molar-refractivity contribution in [3.8, 4) is 0 Å². The molecule has 4 heteroatoms. The minimum Gasteiger partial charge on any atom is -0.324 e. The first-order valence-electron chi connectivity index (χ1n) is 8.92. The van der Waals surface area contributed by atoms with Crippen LogP contribution in [0.2, 0.25) is 0 Å². The van der Waals surface area contributed by atoms with Crippen molar-refractivity contribution in [3.63, 3.8) is 0 Å². The second-order valence-corrected chi connectivity index (χ2v) is 7.63. The zero-order valence-corrected chi connectivity index (χ0v) is 13.7. The summed E-state index contributed by atoms with van der Waals surface area (Å²) >= 11 is 0. The van der Waals surface area contributed by atoms with Crippen molar-refractivity contribution in [2.24, 2.45) is 5.92 Å². The van der Waals surface area contributed by atoms with E-state index in [0.29, 0.717) is 11.8 Å². The summed E-state index contributed by atoms with van der Waals surface area (Å²) in [5, 5.41) is 3.73. The van der Waals surface area contributed by atoms with Gasteiger partial charge in [0.15, 0.2) is 0 Å². The number of nitrogens with one attached hydrogen (secondary N) is 1. The Labute approximate surface area is 129 Å². The Hall–Kier alpha value is -0.610. The van der Waals surface area contributed by atoms with Crippen molar-refractivity contribution in [3.05, 3.63) is 0 Å². The van der Waals surface area contributed by atoms with E-state index in [-0.39, 0.29) is 11.7 Å². The molecule has 0 radical (unpaired) electrons. The van der Waals surface area contributed by atoms with Crippen LogP contribution in [0.5, 0.6) is 0 Å². The number of carbonyl (C=O) groups excluding carboxylic acids is 1. The minimum absolute atomic E-state index is 0.204. The highest BCUT2D eigenvalue weighted by atomic mass is 16.2. The maximum absolute atomic E-state index is 13.0. The van der Waals surface area contributed by atoms with E-state index in [1.807, 2.05) is 0 Å². The number of amides is 1. The van der Waals surface area contributed by atoms with Crippen molar-refractivity contribution >= 4 is 5.91 Å². The molecule has 1 saturated carbocycles. The molecule has 21 heavy (non-hydrogen) atoms. The lowest BCUT2D eigenvalue weighted by molar-refractivity contribution is -0.133. The fourth-order valence-electron chi connectivity index (χ4n) is 4.36. The van der Waals surface area contributed by atoms with Gasteiger partial charge in [0.1, 0.15) is 0 Å². The highest BCUT2D eigenvalue weighted by molar-refractivity contribution is 5.89. The summed E-state index contributed by atoms with van der Waals surface area (Å²) in [6.45, 7) is 8.91. The van der Waals surface area contributed by atoms with Gasteiger partial charge >= 0.3 is 0 Å². The van der Waals surface area contributed by atoms with Crippen LogP contribution in [0.25, 0.3) is 0 Å². The summed E-state index contributed by atoms with van der Waals surface area (Å²) < 4.78 is 0. The lowest BCUT2D eigenvalue weighted by Crippen LogP contribution is -2.45. The Bertz CT molecular complexity index is 370. The Morgan fingerprint density at radius 3 is 2.43 bits per heavy atom. The second kappa shape index (κ2) is 6.25. The van der Waals surface area contributed by atoms with E-state index < -0.39 is 0 Å². The van der Waals surface area contributed by atoms with E-state index in [1.54, 1.807) is 0 Å². The third-order valence-corrected chi connectivity index (χ3v) is 5.50. The number of hydrogen-bond donors (Lipinski definition) is 1. The molecule has 1 amide bonds. The van der Waals surface area contributed by atoms with Crippen molar-refractivity contribution in [1.29, 1.82) is 0 Å². The molecule has 3 rings (SSSR count). The number of likely N-dealkylation sites (tertiary alicyclic amines) is 1. The minimum atomic E-state index is -0.204. The molecule has 0 aromatic heterocycles. The van der Waals surface area contributed by atoms with E-state index in [4.69, 9.17) is 0 Å². The molecule has 1 unspecified atom stereocenters. The largest absolute Gasteiger partial charge is 0.324 e. The van der Waals surface area contributed by atoms with Crippen LogP contribution in [-0.2, 0) is 4.79 Å². The summed E-state index contributed by atoms with van der Waals surface area (Å²) in [5.41, 5.74) is -0.204. The standard InChI is InChI=1S/C17H31N3O/c1-14(2)13-15-18-17(7-3-4-8-17)16(21)20(15)12-11-19-9-5-6-10-19/h14-15,18H,3-13H2,1-2H3. The van der Waals surface area contributed by atoms with Crippen LogP contribution in [0, 0.1) is 5.92 Å². The molecule has 0 aromatic rings. The molecule has 1 aliphatic carbocycles. The number of hydrogen-bond acceptors (Lipinski definition) is 3. The van der Waals surface area contributed by atoms with Crippen LogP contribution < -0.4 is 5.32 Å². The summed E-state index contributed by atoms with van der Waals surface area (Å²) in [4.78, 5) is 17.7. The molecule has 0 bridgehead atoms. The molecular formula is C17H31N3O. The van der Waals surface area contributed by atoms with Crippen molar-refractivity contribution in [2.75, 3.05) is 26.2 Å². The molecule has 3 fully saturated rings. The second-order valence-electron chi connectivity index (χ2n) is 7.63. The van der Waals surface area contributed by atoms with Crippen LogP contribution in [0.1, 0.15) is 58.8 Å². The Morgan fingerprint density at radius 2 is 1.81 bits per heavy atom. The fourth-order valence-corrected chi connectivity index (χ4v) is 4.36. The van der Waals surface area contributed by atoms with Gasteiger partial charge in [-0.15, -0.1) is 0 Å². The zero-order valence-electron chi connectivity index (χ0n) is 13.7. The molecule has 0 aromatic carbocycles. The first-order chi connectivity index (χ1) is 10.1. The quantitative estimate of drug-likeness (QED) is 0.844. The van der Waals surface area contributed by atoms with Crippen LogP contribution >= 0.6 is 0 Å². The summed E-state index contributed by atoms with van der Waals surface area (Å²) in [6.07, 6.45) is 8.48. The Morgan fingerprint density at radius 1 is 1.14 bits per heavy atom. The van der Waals surface area contributed by atoms with E-state index >= 15 is 0 Å². The third-order valence-electron chi connectivity index (χ3n) is 5.50. The van der Waals surface area contributed by atoms with Gasteiger partial charge in [-0.3, -0.25) is 10.1 Å². The first kappa shape index (κ1) is 15.3. The van der Waals surface area contributed by atoms with Crippen LogP contribution in [0.15, 0.2) is 0 Å². The SMILES string of the molecule is CC(C)CC1NC2(CCCC2)C(=O)N1CCN1CCCC1. The average Bonchev–Trinajstić information content (AvgIpc) is 3.13. The van der Waals surface area contributed by atoms with Gasteiger partial charge in [0.05, 0.1) is 11.7 Å². The Balaban J connectivity index is 1.66. The molecule has 3 aliphatic rings. The third kappa shape index (κ3) is 3.11. The molecule has 2 aliphatic heterocycles. The summed E-state index contributed by atoms with van der Waals surface area (Å²) in [5.74, 6) is 1.02. The fraction of sp³-hybridized carbons (Fsp3) is 0.941. The number of nitrogens with zero attached hydrogens (tertiary/aromatic N) is 2. The van der Waals surface area contributed by atoms with Crippen molar-refractivity contribution in [1.82, 2.24) is 15.1 Å². The highest BCUT2D eigenvalue weighted by Crippen LogP contribution is 2.37. The first-order valence-corrected chi connectivity index (χ1v) is 8.92. The van der Waals surface area contributed by atoms with E-state index in [0.717, 1.165) is 32.4 Å². The highest BCUT2D eigenvalue weighted by Gasteiger charge is 2.51. The molecule has 120 valence electrons. The Kier molecular flexibility index (Phi) is 4.55. The van der Waals surface area contributed by atoms with Crippen LogP contribution in [0.4, 0.5) is 0 Å². The van der Waals surface area contributed by atoms with Gasteiger partial charge in [0.25, 0.3) is 0 Å². The number of carbonyl (C=O) groups is 1.